The third kappa shape index (κ3) is 3.74. The number of amides is 1. The molecule has 9 heteroatoms. The standard InChI is InChI=1S/C25H24ClN5O3/c1-3-29-24(33)22-23(31-14-18(27-25(29)31)11-16-7-5-4-6-8-16)28-21(15-32)30(22)13-17-9-10-20(34-2)19(26)12-17/h4-10,12,15,18H,3,11,13-14H2,1-2H3/t18-/m1/s1. The van der Waals surface area contributed by atoms with Gasteiger partial charge in [0.25, 0.3) is 5.91 Å². The predicted octanol–water partition coefficient (Wildman–Crippen LogP) is 3.67. The van der Waals surface area contributed by atoms with Crippen molar-refractivity contribution in [1.29, 1.82) is 0 Å². The molecule has 0 unspecified atom stereocenters. The number of anilines is 1. The van der Waals surface area contributed by atoms with Gasteiger partial charge in [-0.3, -0.25) is 19.4 Å². The van der Waals surface area contributed by atoms with Gasteiger partial charge in [0.1, 0.15) is 5.75 Å². The number of halogens is 1. The van der Waals surface area contributed by atoms with Crippen molar-refractivity contribution in [2.45, 2.75) is 25.9 Å². The van der Waals surface area contributed by atoms with Crippen molar-refractivity contribution < 1.29 is 14.3 Å². The van der Waals surface area contributed by atoms with Crippen LogP contribution in [0.2, 0.25) is 5.02 Å². The van der Waals surface area contributed by atoms with Gasteiger partial charge in [-0.2, -0.15) is 0 Å². The first-order valence-corrected chi connectivity index (χ1v) is 11.5. The van der Waals surface area contributed by atoms with Crippen molar-refractivity contribution in [2.24, 2.45) is 4.99 Å². The van der Waals surface area contributed by atoms with E-state index < -0.39 is 0 Å². The van der Waals surface area contributed by atoms with Crippen LogP contribution < -0.4 is 9.64 Å². The average Bonchev–Trinajstić information content (AvgIpc) is 3.42. The molecule has 174 valence electrons. The fraction of sp³-hybridized carbons (Fsp3) is 0.280. The summed E-state index contributed by atoms with van der Waals surface area (Å²) in [5.74, 6) is 1.60. The molecule has 34 heavy (non-hydrogen) atoms. The van der Waals surface area contributed by atoms with E-state index in [1.165, 1.54) is 5.56 Å². The molecule has 3 heterocycles. The summed E-state index contributed by atoms with van der Waals surface area (Å²) >= 11 is 6.30. The molecular weight excluding hydrogens is 454 g/mol. The van der Waals surface area contributed by atoms with Gasteiger partial charge in [-0.1, -0.05) is 48.0 Å². The third-order valence-corrected chi connectivity index (χ3v) is 6.44. The molecule has 1 atom stereocenters. The van der Waals surface area contributed by atoms with E-state index in [1.54, 1.807) is 28.7 Å². The number of benzene rings is 2. The fourth-order valence-corrected chi connectivity index (χ4v) is 4.84. The SMILES string of the molecule is CCN1C(=O)c2c(nc(C=O)n2Cc2ccc(OC)c(Cl)c2)N2C[C@@H](Cc3ccccc3)N=C12. The van der Waals surface area contributed by atoms with Crippen molar-refractivity contribution in [3.8, 4) is 5.75 Å². The maximum absolute atomic E-state index is 13.6. The topological polar surface area (TPSA) is 80.0 Å². The Morgan fingerprint density at radius 1 is 1.18 bits per heavy atom. The summed E-state index contributed by atoms with van der Waals surface area (Å²) in [6, 6.07) is 15.5. The van der Waals surface area contributed by atoms with Crippen LogP contribution in [0.25, 0.3) is 0 Å². The number of fused-ring (bicyclic) bond motifs is 3. The van der Waals surface area contributed by atoms with E-state index >= 15 is 0 Å². The summed E-state index contributed by atoms with van der Waals surface area (Å²) in [7, 11) is 1.55. The number of hydrogen-bond acceptors (Lipinski definition) is 6. The summed E-state index contributed by atoms with van der Waals surface area (Å²) < 4.78 is 6.89. The van der Waals surface area contributed by atoms with Gasteiger partial charge in [0, 0.05) is 6.54 Å². The molecule has 5 rings (SSSR count). The van der Waals surface area contributed by atoms with Crippen LogP contribution in [0.15, 0.2) is 53.5 Å². The van der Waals surface area contributed by atoms with Crippen molar-refractivity contribution in [3.05, 3.63) is 76.2 Å². The van der Waals surface area contributed by atoms with Crippen molar-refractivity contribution in [3.63, 3.8) is 0 Å². The van der Waals surface area contributed by atoms with Crippen LogP contribution in [0.3, 0.4) is 0 Å². The van der Waals surface area contributed by atoms with E-state index in [-0.39, 0.29) is 24.3 Å². The Kier molecular flexibility index (Phi) is 5.83. The van der Waals surface area contributed by atoms with E-state index in [0.29, 0.717) is 47.6 Å². The van der Waals surface area contributed by atoms with E-state index in [2.05, 4.69) is 17.1 Å². The summed E-state index contributed by atoms with van der Waals surface area (Å²) in [5.41, 5.74) is 2.39. The Labute approximate surface area is 202 Å². The lowest BCUT2D eigenvalue weighted by Gasteiger charge is -2.33. The lowest BCUT2D eigenvalue weighted by molar-refractivity contribution is 0.0836. The highest BCUT2D eigenvalue weighted by Crippen LogP contribution is 2.34. The number of guanidine groups is 1. The molecule has 0 spiro atoms. The number of methoxy groups -OCH3 is 1. The van der Waals surface area contributed by atoms with Gasteiger partial charge in [0.15, 0.2) is 23.6 Å². The zero-order valence-corrected chi connectivity index (χ0v) is 19.7. The number of aldehydes is 1. The number of aromatic nitrogens is 2. The van der Waals surface area contributed by atoms with Crippen LogP contribution in [0.5, 0.6) is 5.75 Å². The number of carbonyl (C=O) groups excluding carboxylic acids is 2. The molecule has 2 aromatic carbocycles. The second-order valence-electron chi connectivity index (χ2n) is 8.25. The quantitative estimate of drug-likeness (QED) is 0.485. The number of carbonyl (C=O) groups is 2. The molecule has 2 aliphatic heterocycles. The molecule has 1 amide bonds. The molecule has 0 bridgehead atoms. The first-order chi connectivity index (χ1) is 16.5. The van der Waals surface area contributed by atoms with Crippen LogP contribution in [0, 0.1) is 0 Å². The minimum atomic E-state index is -0.215. The zero-order valence-electron chi connectivity index (χ0n) is 18.9. The lowest BCUT2D eigenvalue weighted by Crippen LogP contribution is -2.50. The summed E-state index contributed by atoms with van der Waals surface area (Å²) in [5, 5.41) is 0.459. The number of nitrogens with zero attached hydrogens (tertiary/aromatic N) is 5. The predicted molar refractivity (Wildman–Crippen MR) is 130 cm³/mol. The third-order valence-electron chi connectivity index (χ3n) is 6.15. The van der Waals surface area contributed by atoms with E-state index in [9.17, 15) is 9.59 Å². The number of ether oxygens (including phenoxy) is 1. The summed E-state index contributed by atoms with van der Waals surface area (Å²) in [6.45, 7) is 3.24. The number of aliphatic imine (C=N–C) groups is 1. The molecule has 0 saturated heterocycles. The molecule has 1 aromatic heterocycles. The van der Waals surface area contributed by atoms with Crippen LogP contribution in [0.1, 0.15) is 39.2 Å². The average molecular weight is 478 g/mol. The molecule has 8 nitrogen and oxygen atoms in total. The second kappa shape index (κ2) is 8.95. The highest BCUT2D eigenvalue weighted by atomic mass is 35.5. The number of imidazole rings is 1. The largest absolute Gasteiger partial charge is 0.495 e. The van der Waals surface area contributed by atoms with Gasteiger partial charge < -0.3 is 9.30 Å². The van der Waals surface area contributed by atoms with Gasteiger partial charge in [0.2, 0.25) is 5.96 Å². The molecule has 0 aliphatic carbocycles. The number of hydrogen-bond donors (Lipinski definition) is 0. The van der Waals surface area contributed by atoms with E-state index in [4.69, 9.17) is 21.3 Å². The van der Waals surface area contributed by atoms with Crippen LogP contribution in [-0.4, -0.2) is 58.8 Å². The van der Waals surface area contributed by atoms with Gasteiger partial charge in [-0.25, -0.2) is 9.98 Å². The Morgan fingerprint density at radius 3 is 2.65 bits per heavy atom. The van der Waals surface area contributed by atoms with Gasteiger partial charge in [-0.15, -0.1) is 0 Å². The van der Waals surface area contributed by atoms with E-state index in [0.717, 1.165) is 12.0 Å². The molecule has 0 radical (unpaired) electrons. The summed E-state index contributed by atoms with van der Waals surface area (Å²) in [4.78, 5) is 38.5. The van der Waals surface area contributed by atoms with Gasteiger partial charge >= 0.3 is 0 Å². The minimum absolute atomic E-state index is 0.0181. The minimum Gasteiger partial charge on any atom is -0.495 e. The monoisotopic (exact) mass is 477 g/mol. The van der Waals surface area contributed by atoms with Crippen molar-refractivity contribution >= 4 is 35.6 Å². The lowest BCUT2D eigenvalue weighted by atomic mass is 10.1. The highest BCUT2D eigenvalue weighted by molar-refractivity contribution is 6.32. The first kappa shape index (κ1) is 22.2. The Bertz CT molecular complexity index is 1290. The zero-order chi connectivity index (χ0) is 23.8. The van der Waals surface area contributed by atoms with Crippen molar-refractivity contribution in [1.82, 2.24) is 14.5 Å². The molecule has 0 N–H and O–H groups in total. The normalized spacial score (nSPS) is 16.9. The van der Waals surface area contributed by atoms with Gasteiger partial charge in [-0.05, 0) is 36.6 Å². The second-order valence-corrected chi connectivity index (χ2v) is 8.65. The Hall–Kier alpha value is -3.65. The Morgan fingerprint density at radius 2 is 1.97 bits per heavy atom. The first-order valence-electron chi connectivity index (χ1n) is 11.1. The molecule has 2 aliphatic rings. The molecule has 3 aromatic rings. The van der Waals surface area contributed by atoms with Gasteiger partial charge in [0.05, 0.1) is 31.3 Å². The van der Waals surface area contributed by atoms with Crippen LogP contribution in [0.4, 0.5) is 5.82 Å². The van der Waals surface area contributed by atoms with Crippen LogP contribution >= 0.6 is 11.6 Å². The highest BCUT2D eigenvalue weighted by Gasteiger charge is 2.43. The molecule has 0 fully saturated rings. The van der Waals surface area contributed by atoms with E-state index in [1.807, 2.05) is 36.1 Å². The number of rotatable bonds is 7. The fourth-order valence-electron chi connectivity index (χ4n) is 4.56. The van der Waals surface area contributed by atoms with Crippen molar-refractivity contribution in [2.75, 3.05) is 25.1 Å². The molecular formula is C25H24ClN5O3. The molecule has 0 saturated carbocycles. The maximum Gasteiger partial charge on any atom is 0.281 e. The maximum atomic E-state index is 13.6. The van der Waals surface area contributed by atoms with Crippen LogP contribution in [-0.2, 0) is 13.0 Å². The Balaban J connectivity index is 1.52. The summed E-state index contributed by atoms with van der Waals surface area (Å²) in [6.07, 6.45) is 1.44. The smallest absolute Gasteiger partial charge is 0.281 e.